The van der Waals surface area contributed by atoms with Crippen LogP contribution in [0, 0.1) is 6.92 Å². The summed E-state index contributed by atoms with van der Waals surface area (Å²) in [7, 11) is 1.84. The highest BCUT2D eigenvalue weighted by atomic mass is 32.2. The van der Waals surface area contributed by atoms with Crippen LogP contribution in [0.25, 0.3) is 0 Å². The highest BCUT2D eigenvalue weighted by molar-refractivity contribution is 8.00. The highest BCUT2D eigenvalue weighted by Gasteiger charge is 2.25. The summed E-state index contributed by atoms with van der Waals surface area (Å²) in [4.78, 5) is 12.4. The molecule has 0 bridgehead atoms. The van der Waals surface area contributed by atoms with E-state index in [1.807, 2.05) is 43.9 Å². The lowest BCUT2D eigenvalue weighted by molar-refractivity contribution is 0.0949. The van der Waals surface area contributed by atoms with Crippen LogP contribution in [-0.2, 0) is 0 Å². The van der Waals surface area contributed by atoms with E-state index >= 15 is 0 Å². The third-order valence-electron chi connectivity index (χ3n) is 3.98. The zero-order chi connectivity index (χ0) is 15.2. The minimum Gasteiger partial charge on any atom is -0.387 e. The molecule has 0 unspecified atom stereocenters. The van der Waals surface area contributed by atoms with Gasteiger partial charge in [-0.2, -0.15) is 11.8 Å². The molecule has 0 aliphatic heterocycles. The molecular weight excluding hydrogens is 268 g/mol. The number of carbonyl (C=O) groups excluding carboxylic acids is 1. The van der Waals surface area contributed by atoms with E-state index in [1.54, 1.807) is 0 Å². The van der Waals surface area contributed by atoms with Crippen LogP contribution in [0.3, 0.4) is 0 Å². The molecule has 0 aliphatic carbocycles. The van der Waals surface area contributed by atoms with Gasteiger partial charge in [-0.15, -0.1) is 0 Å². The third kappa shape index (κ3) is 3.92. The predicted octanol–water partition coefficient (Wildman–Crippen LogP) is 3.69. The molecule has 0 aromatic heterocycles. The van der Waals surface area contributed by atoms with Crippen molar-refractivity contribution in [2.45, 2.75) is 38.4 Å². The number of rotatable bonds is 7. The number of hydrogen-bond acceptors (Lipinski definition) is 3. The van der Waals surface area contributed by atoms with E-state index in [0.717, 1.165) is 24.1 Å². The molecule has 0 saturated carbocycles. The molecule has 1 rings (SSSR count). The predicted molar refractivity (Wildman–Crippen MR) is 89.9 cm³/mol. The summed E-state index contributed by atoms with van der Waals surface area (Å²) >= 11 is 1.84. The molecule has 4 heteroatoms. The Balaban J connectivity index is 2.82. The maximum Gasteiger partial charge on any atom is 0.253 e. The van der Waals surface area contributed by atoms with E-state index in [0.29, 0.717) is 12.1 Å². The Morgan fingerprint density at radius 3 is 2.45 bits per heavy atom. The first kappa shape index (κ1) is 16.9. The third-order valence-corrected chi connectivity index (χ3v) is 5.57. The van der Waals surface area contributed by atoms with Gasteiger partial charge < -0.3 is 10.6 Å². The Hall–Kier alpha value is -1.16. The summed E-state index contributed by atoms with van der Waals surface area (Å²) in [6, 6.07) is 5.85. The molecule has 0 saturated heterocycles. The first-order valence-electron chi connectivity index (χ1n) is 7.13. The number of hydrogen-bond donors (Lipinski definition) is 2. The van der Waals surface area contributed by atoms with Crippen LogP contribution in [0.15, 0.2) is 18.2 Å². The number of nitrogens with one attached hydrogen (secondary N) is 2. The molecule has 1 aromatic carbocycles. The first-order valence-corrected chi connectivity index (χ1v) is 8.36. The largest absolute Gasteiger partial charge is 0.387 e. The van der Waals surface area contributed by atoms with Crippen LogP contribution in [-0.4, -0.2) is 30.5 Å². The summed E-state index contributed by atoms with van der Waals surface area (Å²) < 4.78 is 0.139. The van der Waals surface area contributed by atoms with Crippen molar-refractivity contribution in [3.63, 3.8) is 0 Å². The van der Waals surface area contributed by atoms with Crippen molar-refractivity contribution in [3.8, 4) is 0 Å². The SMILES string of the molecule is CCC(CC)(CNC(=O)c1ccc(C)cc1NC)SC. The van der Waals surface area contributed by atoms with Crippen molar-refractivity contribution in [2.75, 3.05) is 25.2 Å². The van der Waals surface area contributed by atoms with Crippen molar-refractivity contribution in [1.29, 1.82) is 0 Å². The quantitative estimate of drug-likeness (QED) is 0.806. The van der Waals surface area contributed by atoms with Gasteiger partial charge in [-0.25, -0.2) is 0 Å². The molecule has 112 valence electrons. The van der Waals surface area contributed by atoms with Crippen molar-refractivity contribution in [3.05, 3.63) is 29.3 Å². The van der Waals surface area contributed by atoms with Crippen LogP contribution in [0.1, 0.15) is 42.6 Å². The average molecular weight is 294 g/mol. The zero-order valence-corrected chi connectivity index (χ0v) is 14.0. The Morgan fingerprint density at radius 1 is 1.30 bits per heavy atom. The minimum atomic E-state index is -0.00493. The van der Waals surface area contributed by atoms with Crippen molar-refractivity contribution in [1.82, 2.24) is 5.32 Å². The number of carbonyl (C=O) groups is 1. The van der Waals surface area contributed by atoms with E-state index in [1.165, 1.54) is 0 Å². The van der Waals surface area contributed by atoms with E-state index in [9.17, 15) is 4.79 Å². The summed E-state index contributed by atoms with van der Waals surface area (Å²) in [6.45, 7) is 7.08. The molecule has 0 aliphatic rings. The summed E-state index contributed by atoms with van der Waals surface area (Å²) in [6.07, 6.45) is 4.22. The standard InChI is InChI=1S/C16H26N2OS/c1-6-16(7-2,20-5)11-18-15(19)13-9-8-12(3)10-14(13)17-4/h8-10,17H,6-7,11H2,1-5H3,(H,18,19). The lowest BCUT2D eigenvalue weighted by Gasteiger charge is -2.30. The van der Waals surface area contributed by atoms with Crippen LogP contribution < -0.4 is 10.6 Å². The van der Waals surface area contributed by atoms with E-state index in [4.69, 9.17) is 0 Å². The minimum absolute atomic E-state index is 0.00493. The van der Waals surface area contributed by atoms with Crippen LogP contribution >= 0.6 is 11.8 Å². The lowest BCUT2D eigenvalue weighted by atomic mass is 10.0. The Bertz CT molecular complexity index is 448. The van der Waals surface area contributed by atoms with Crippen LogP contribution in [0.5, 0.6) is 0 Å². The molecule has 0 atom stereocenters. The molecule has 0 fully saturated rings. The molecule has 1 amide bonds. The van der Waals surface area contributed by atoms with Gasteiger partial charge in [-0.3, -0.25) is 4.79 Å². The van der Waals surface area contributed by atoms with Gasteiger partial charge in [-0.1, -0.05) is 19.9 Å². The Labute approximate surface area is 126 Å². The molecule has 2 N–H and O–H groups in total. The van der Waals surface area contributed by atoms with Gasteiger partial charge in [0.1, 0.15) is 0 Å². The van der Waals surface area contributed by atoms with Crippen molar-refractivity contribution in [2.24, 2.45) is 0 Å². The second-order valence-corrected chi connectivity index (χ2v) is 6.35. The second kappa shape index (κ2) is 7.58. The fraction of sp³-hybridized carbons (Fsp3) is 0.562. The van der Waals surface area contributed by atoms with Gasteiger partial charge in [0.05, 0.1) is 5.56 Å². The second-order valence-electron chi connectivity index (χ2n) is 5.08. The number of anilines is 1. The number of thioether (sulfide) groups is 1. The zero-order valence-electron chi connectivity index (χ0n) is 13.2. The molecule has 0 spiro atoms. The normalized spacial score (nSPS) is 11.2. The monoisotopic (exact) mass is 294 g/mol. The summed E-state index contributed by atoms with van der Waals surface area (Å²) in [5, 5.41) is 6.18. The molecular formula is C16H26N2OS. The topological polar surface area (TPSA) is 41.1 Å². The van der Waals surface area contributed by atoms with Gasteiger partial charge in [-0.05, 0) is 43.7 Å². The summed E-state index contributed by atoms with van der Waals surface area (Å²) in [5.41, 5.74) is 2.73. The number of aryl methyl sites for hydroxylation is 1. The van der Waals surface area contributed by atoms with Crippen LogP contribution in [0.4, 0.5) is 5.69 Å². The Morgan fingerprint density at radius 2 is 1.95 bits per heavy atom. The molecule has 0 heterocycles. The first-order chi connectivity index (χ1) is 9.51. The van der Waals surface area contributed by atoms with Crippen molar-refractivity contribution >= 4 is 23.4 Å². The van der Waals surface area contributed by atoms with E-state index < -0.39 is 0 Å². The molecule has 0 radical (unpaired) electrons. The smallest absolute Gasteiger partial charge is 0.253 e. The average Bonchev–Trinajstić information content (AvgIpc) is 2.48. The number of benzene rings is 1. The van der Waals surface area contributed by atoms with Gasteiger partial charge in [0.2, 0.25) is 0 Å². The number of amides is 1. The summed E-state index contributed by atoms with van der Waals surface area (Å²) in [5.74, 6) is -0.00493. The molecule has 3 nitrogen and oxygen atoms in total. The highest BCUT2D eigenvalue weighted by Crippen LogP contribution is 2.29. The lowest BCUT2D eigenvalue weighted by Crippen LogP contribution is -2.39. The van der Waals surface area contributed by atoms with E-state index in [-0.39, 0.29) is 10.7 Å². The van der Waals surface area contributed by atoms with Gasteiger partial charge in [0, 0.05) is 24.0 Å². The Kier molecular flexibility index (Phi) is 6.40. The fourth-order valence-electron chi connectivity index (χ4n) is 2.26. The van der Waals surface area contributed by atoms with Gasteiger partial charge in [0.25, 0.3) is 5.91 Å². The van der Waals surface area contributed by atoms with Gasteiger partial charge in [0.15, 0.2) is 0 Å². The maximum absolute atomic E-state index is 12.4. The van der Waals surface area contributed by atoms with E-state index in [2.05, 4.69) is 30.7 Å². The van der Waals surface area contributed by atoms with Crippen molar-refractivity contribution < 1.29 is 4.79 Å². The fourth-order valence-corrected chi connectivity index (χ4v) is 3.05. The van der Waals surface area contributed by atoms with Crippen LogP contribution in [0.2, 0.25) is 0 Å². The molecule has 20 heavy (non-hydrogen) atoms. The maximum atomic E-state index is 12.4. The van der Waals surface area contributed by atoms with Gasteiger partial charge >= 0.3 is 0 Å². The molecule has 1 aromatic rings.